The zero-order chi connectivity index (χ0) is 21.9. The zero-order valence-corrected chi connectivity index (χ0v) is 17.8. The van der Waals surface area contributed by atoms with Crippen LogP contribution in [0.1, 0.15) is 27.4 Å². The van der Waals surface area contributed by atoms with E-state index < -0.39 is 0 Å². The number of hydrogen-bond donors (Lipinski definition) is 2. The van der Waals surface area contributed by atoms with E-state index in [0.717, 1.165) is 34.4 Å². The summed E-state index contributed by atoms with van der Waals surface area (Å²) in [6.45, 7) is 1.21. The van der Waals surface area contributed by atoms with Gasteiger partial charge in [-0.2, -0.15) is 5.10 Å². The van der Waals surface area contributed by atoms with Crippen LogP contribution < -0.4 is 15.5 Å². The quantitative estimate of drug-likeness (QED) is 0.486. The Morgan fingerprint density at radius 1 is 1.12 bits per heavy atom. The predicted octanol–water partition coefficient (Wildman–Crippen LogP) is 4.24. The van der Waals surface area contributed by atoms with Crippen molar-refractivity contribution in [2.24, 2.45) is 5.10 Å². The largest absolute Gasteiger partial charge is 0.497 e. The SMILES string of the molecule is COc1cccc(CNC(=O)c2cn(-c3ccccc3)c3cc(C4C=NNC4)ccc23)c1. The number of methoxy groups -OCH3 is 1. The molecule has 1 atom stereocenters. The lowest BCUT2D eigenvalue weighted by Crippen LogP contribution is -2.22. The van der Waals surface area contributed by atoms with Crippen molar-refractivity contribution in [3.8, 4) is 11.4 Å². The number of nitrogens with zero attached hydrogens (tertiary/aromatic N) is 2. The van der Waals surface area contributed by atoms with E-state index in [0.29, 0.717) is 12.1 Å². The molecular formula is C26H24N4O2. The molecule has 160 valence electrons. The maximum atomic E-state index is 13.2. The van der Waals surface area contributed by atoms with Crippen molar-refractivity contribution in [2.45, 2.75) is 12.5 Å². The molecule has 0 radical (unpaired) electrons. The van der Waals surface area contributed by atoms with Gasteiger partial charge >= 0.3 is 0 Å². The van der Waals surface area contributed by atoms with E-state index in [-0.39, 0.29) is 11.8 Å². The van der Waals surface area contributed by atoms with Crippen molar-refractivity contribution >= 4 is 23.0 Å². The van der Waals surface area contributed by atoms with Crippen LogP contribution in [0, 0.1) is 0 Å². The van der Waals surface area contributed by atoms with Crippen LogP contribution in [0.3, 0.4) is 0 Å². The summed E-state index contributed by atoms with van der Waals surface area (Å²) in [7, 11) is 1.64. The number of ether oxygens (including phenoxy) is 1. The number of rotatable bonds is 6. The van der Waals surface area contributed by atoms with Gasteiger partial charge in [-0.15, -0.1) is 0 Å². The Bertz CT molecular complexity index is 1290. The molecule has 32 heavy (non-hydrogen) atoms. The molecule has 1 aliphatic heterocycles. The first-order chi connectivity index (χ1) is 15.7. The molecule has 0 saturated heterocycles. The van der Waals surface area contributed by atoms with Gasteiger partial charge in [0.05, 0.1) is 18.2 Å². The average molecular weight is 425 g/mol. The maximum absolute atomic E-state index is 13.2. The second-order valence-electron chi connectivity index (χ2n) is 7.81. The second kappa shape index (κ2) is 8.59. The molecule has 0 saturated carbocycles. The minimum absolute atomic E-state index is 0.107. The van der Waals surface area contributed by atoms with E-state index in [1.165, 1.54) is 5.56 Å². The lowest BCUT2D eigenvalue weighted by atomic mass is 9.99. The van der Waals surface area contributed by atoms with Gasteiger partial charge in [-0.3, -0.25) is 4.79 Å². The first kappa shape index (κ1) is 19.9. The molecule has 5 rings (SSSR count). The lowest BCUT2D eigenvalue weighted by Gasteiger charge is -2.09. The standard InChI is InChI=1S/C26H24N4O2/c1-32-22-9-5-6-18(12-22)14-27-26(31)24-17-30(21-7-3-2-4-8-21)25-13-19(10-11-23(24)25)20-15-28-29-16-20/h2-13,15,17,20,29H,14,16H2,1H3,(H,27,31). The highest BCUT2D eigenvalue weighted by atomic mass is 16.5. The fraction of sp³-hybridized carbons (Fsp3) is 0.154. The third-order valence-corrected chi connectivity index (χ3v) is 5.78. The number of para-hydroxylation sites is 1. The van der Waals surface area contributed by atoms with E-state index in [1.54, 1.807) is 7.11 Å². The lowest BCUT2D eigenvalue weighted by molar-refractivity contribution is 0.0952. The second-order valence-corrected chi connectivity index (χ2v) is 7.81. The summed E-state index contributed by atoms with van der Waals surface area (Å²) >= 11 is 0. The van der Waals surface area contributed by atoms with Crippen LogP contribution in [0.2, 0.25) is 0 Å². The molecule has 0 aliphatic carbocycles. The smallest absolute Gasteiger partial charge is 0.253 e. The molecule has 6 nitrogen and oxygen atoms in total. The molecule has 0 bridgehead atoms. The summed E-state index contributed by atoms with van der Waals surface area (Å²) in [5.74, 6) is 0.892. The fourth-order valence-electron chi connectivity index (χ4n) is 4.07. The highest BCUT2D eigenvalue weighted by Gasteiger charge is 2.19. The first-order valence-electron chi connectivity index (χ1n) is 10.6. The van der Waals surface area contributed by atoms with Crippen molar-refractivity contribution in [1.82, 2.24) is 15.3 Å². The highest BCUT2D eigenvalue weighted by Crippen LogP contribution is 2.29. The predicted molar refractivity (Wildman–Crippen MR) is 127 cm³/mol. The monoisotopic (exact) mass is 424 g/mol. The number of fused-ring (bicyclic) bond motifs is 1. The zero-order valence-electron chi connectivity index (χ0n) is 17.8. The van der Waals surface area contributed by atoms with E-state index >= 15 is 0 Å². The highest BCUT2D eigenvalue weighted by molar-refractivity contribution is 6.07. The Morgan fingerprint density at radius 2 is 2.00 bits per heavy atom. The van der Waals surface area contributed by atoms with Gasteiger partial charge in [-0.1, -0.05) is 42.5 Å². The third kappa shape index (κ3) is 3.83. The van der Waals surface area contributed by atoms with Crippen LogP contribution in [0.4, 0.5) is 0 Å². The summed E-state index contributed by atoms with van der Waals surface area (Å²) in [4.78, 5) is 13.2. The minimum Gasteiger partial charge on any atom is -0.497 e. The number of nitrogens with one attached hydrogen (secondary N) is 2. The van der Waals surface area contributed by atoms with Gasteiger partial charge in [0.2, 0.25) is 0 Å². The number of benzene rings is 3. The van der Waals surface area contributed by atoms with Crippen molar-refractivity contribution in [3.05, 3.63) is 95.7 Å². The van der Waals surface area contributed by atoms with Gasteiger partial charge in [-0.25, -0.2) is 0 Å². The van der Waals surface area contributed by atoms with Crippen molar-refractivity contribution in [3.63, 3.8) is 0 Å². The van der Waals surface area contributed by atoms with E-state index in [1.807, 2.05) is 73.1 Å². The molecule has 3 aromatic carbocycles. The first-order valence-corrected chi connectivity index (χ1v) is 10.6. The molecule has 2 heterocycles. The molecule has 0 fully saturated rings. The Balaban J connectivity index is 1.50. The Kier molecular flexibility index (Phi) is 5.34. The molecule has 1 aliphatic rings. The van der Waals surface area contributed by atoms with Crippen LogP contribution >= 0.6 is 0 Å². The third-order valence-electron chi connectivity index (χ3n) is 5.78. The molecule has 2 N–H and O–H groups in total. The summed E-state index contributed by atoms with van der Waals surface area (Å²) in [5, 5.41) is 8.12. The van der Waals surface area contributed by atoms with Crippen molar-refractivity contribution in [2.75, 3.05) is 13.7 Å². The van der Waals surface area contributed by atoms with Crippen LogP contribution in [0.5, 0.6) is 5.75 Å². The van der Waals surface area contributed by atoms with Gasteiger partial charge in [0.25, 0.3) is 5.91 Å². The minimum atomic E-state index is -0.107. The Labute approximate surface area is 186 Å². The summed E-state index contributed by atoms with van der Waals surface area (Å²) in [5.41, 5.74) is 7.84. The number of amides is 1. The molecule has 1 aromatic heterocycles. The molecule has 1 unspecified atom stereocenters. The van der Waals surface area contributed by atoms with Crippen LogP contribution in [-0.4, -0.2) is 30.3 Å². The number of carbonyl (C=O) groups excluding carboxylic acids is 1. The van der Waals surface area contributed by atoms with E-state index in [2.05, 4.69) is 32.5 Å². The molecule has 0 spiro atoms. The topological polar surface area (TPSA) is 67.6 Å². The summed E-state index contributed by atoms with van der Waals surface area (Å²) in [6, 6.07) is 24.1. The average Bonchev–Trinajstić information content (AvgIpc) is 3.51. The molecule has 4 aromatic rings. The summed E-state index contributed by atoms with van der Waals surface area (Å²) in [6.07, 6.45) is 3.85. The van der Waals surface area contributed by atoms with Gasteiger partial charge in [-0.05, 0) is 41.5 Å². The van der Waals surface area contributed by atoms with Gasteiger partial charge < -0.3 is 20.0 Å². The van der Waals surface area contributed by atoms with Crippen LogP contribution in [-0.2, 0) is 6.54 Å². The van der Waals surface area contributed by atoms with Crippen molar-refractivity contribution in [1.29, 1.82) is 0 Å². The van der Waals surface area contributed by atoms with Crippen LogP contribution in [0.25, 0.3) is 16.6 Å². The van der Waals surface area contributed by atoms with Gasteiger partial charge in [0, 0.05) is 42.5 Å². The Morgan fingerprint density at radius 3 is 2.78 bits per heavy atom. The number of hydrazone groups is 1. The van der Waals surface area contributed by atoms with Gasteiger partial charge in [0.1, 0.15) is 5.75 Å². The number of aromatic nitrogens is 1. The van der Waals surface area contributed by atoms with E-state index in [9.17, 15) is 4.79 Å². The van der Waals surface area contributed by atoms with Crippen LogP contribution in [0.15, 0.2) is 84.1 Å². The molecular weight excluding hydrogens is 400 g/mol. The molecule has 1 amide bonds. The van der Waals surface area contributed by atoms with Crippen molar-refractivity contribution < 1.29 is 9.53 Å². The molecule has 6 heteroatoms. The maximum Gasteiger partial charge on any atom is 0.253 e. The fourth-order valence-corrected chi connectivity index (χ4v) is 4.07. The number of hydrogen-bond acceptors (Lipinski definition) is 4. The number of carbonyl (C=O) groups is 1. The normalized spacial score (nSPS) is 15.0. The van der Waals surface area contributed by atoms with E-state index in [4.69, 9.17) is 4.74 Å². The summed E-state index contributed by atoms with van der Waals surface area (Å²) < 4.78 is 7.36. The Hall–Kier alpha value is -4.06. The van der Waals surface area contributed by atoms with Gasteiger partial charge in [0.15, 0.2) is 0 Å².